The van der Waals surface area contributed by atoms with E-state index in [1.165, 1.54) is 29.7 Å². The Labute approximate surface area is 118 Å². The van der Waals surface area contributed by atoms with Gasteiger partial charge in [-0.3, -0.25) is 0 Å². The largest absolute Gasteiger partial charge is 0.371 e. The van der Waals surface area contributed by atoms with Crippen LogP contribution in [-0.4, -0.2) is 18.6 Å². The minimum absolute atomic E-state index is 0.0898. The topological polar surface area (TPSA) is 29.3 Å². The first-order valence-electron chi connectivity index (χ1n) is 7.34. The fourth-order valence-corrected chi connectivity index (χ4v) is 2.65. The number of nitrogens with two attached hydrogens (primary N) is 1. The molecule has 0 aromatic heterocycles. The number of hydrogen-bond acceptors (Lipinski definition) is 2. The van der Waals surface area contributed by atoms with E-state index in [1.54, 1.807) is 0 Å². The summed E-state index contributed by atoms with van der Waals surface area (Å²) in [5.74, 6) is 0. The molecule has 1 aliphatic heterocycles. The van der Waals surface area contributed by atoms with Crippen LogP contribution in [0.3, 0.4) is 0 Å². The minimum Gasteiger partial charge on any atom is -0.371 e. The van der Waals surface area contributed by atoms with Crippen LogP contribution in [0.25, 0.3) is 0 Å². The number of anilines is 1. The van der Waals surface area contributed by atoms with Crippen molar-refractivity contribution in [2.24, 2.45) is 11.1 Å². The second-order valence-electron chi connectivity index (χ2n) is 7.26. The molecule has 2 rings (SSSR count). The zero-order chi connectivity index (χ0) is 14.3. The Kier molecular flexibility index (Phi) is 3.65. The van der Waals surface area contributed by atoms with Crippen LogP contribution in [0.15, 0.2) is 18.2 Å². The van der Waals surface area contributed by atoms with Gasteiger partial charge in [0, 0.05) is 24.3 Å². The van der Waals surface area contributed by atoms with E-state index < -0.39 is 0 Å². The van der Waals surface area contributed by atoms with Gasteiger partial charge in [-0.1, -0.05) is 31.5 Å². The standard InChI is InChI=1S/C17H28N2/c1-13-8-9-15-14(11-13)7-6-10-19(15)12-16(2,3)17(4,5)18/h8-9,11H,6-7,10,12,18H2,1-5H3. The molecule has 106 valence electrons. The molecule has 0 amide bonds. The van der Waals surface area contributed by atoms with Gasteiger partial charge in [-0.05, 0) is 50.7 Å². The van der Waals surface area contributed by atoms with Crippen LogP contribution in [-0.2, 0) is 6.42 Å². The van der Waals surface area contributed by atoms with Gasteiger partial charge in [0.15, 0.2) is 0 Å². The van der Waals surface area contributed by atoms with Crippen molar-refractivity contribution >= 4 is 5.69 Å². The van der Waals surface area contributed by atoms with Crippen LogP contribution in [0, 0.1) is 12.3 Å². The highest BCUT2D eigenvalue weighted by molar-refractivity contribution is 5.57. The van der Waals surface area contributed by atoms with Gasteiger partial charge in [-0.25, -0.2) is 0 Å². The Morgan fingerprint density at radius 1 is 1.21 bits per heavy atom. The molecule has 0 radical (unpaired) electrons. The van der Waals surface area contributed by atoms with E-state index in [9.17, 15) is 0 Å². The number of aryl methyl sites for hydroxylation is 2. The van der Waals surface area contributed by atoms with Crippen LogP contribution in [0.2, 0.25) is 0 Å². The molecule has 0 saturated heterocycles. The maximum absolute atomic E-state index is 6.35. The third-order valence-corrected chi connectivity index (χ3v) is 4.78. The average Bonchev–Trinajstić information content (AvgIpc) is 2.26. The first kappa shape index (κ1) is 14.4. The molecule has 1 aliphatic rings. The highest BCUT2D eigenvalue weighted by Gasteiger charge is 2.35. The number of fused-ring (bicyclic) bond motifs is 1. The molecule has 2 nitrogen and oxygen atoms in total. The molecule has 1 aromatic rings. The van der Waals surface area contributed by atoms with E-state index in [0.29, 0.717) is 0 Å². The lowest BCUT2D eigenvalue weighted by atomic mass is 9.74. The molecule has 0 spiro atoms. The maximum Gasteiger partial charge on any atom is 0.0399 e. The van der Waals surface area contributed by atoms with Crippen molar-refractivity contribution in [1.82, 2.24) is 0 Å². The summed E-state index contributed by atoms with van der Waals surface area (Å²) >= 11 is 0. The Hall–Kier alpha value is -1.02. The second-order valence-corrected chi connectivity index (χ2v) is 7.26. The smallest absolute Gasteiger partial charge is 0.0399 e. The molecule has 2 heteroatoms. The van der Waals surface area contributed by atoms with E-state index in [4.69, 9.17) is 5.73 Å². The summed E-state index contributed by atoms with van der Waals surface area (Å²) in [7, 11) is 0. The van der Waals surface area contributed by atoms with Gasteiger partial charge in [0.25, 0.3) is 0 Å². The lowest BCUT2D eigenvalue weighted by Crippen LogP contribution is -2.53. The Morgan fingerprint density at radius 2 is 1.89 bits per heavy atom. The predicted molar refractivity (Wildman–Crippen MR) is 83.8 cm³/mol. The zero-order valence-electron chi connectivity index (χ0n) is 13.1. The molecule has 2 N–H and O–H groups in total. The van der Waals surface area contributed by atoms with Gasteiger partial charge in [0.2, 0.25) is 0 Å². The predicted octanol–water partition coefficient (Wildman–Crippen LogP) is 3.51. The Balaban J connectivity index is 2.25. The molecule has 19 heavy (non-hydrogen) atoms. The van der Waals surface area contributed by atoms with Crippen molar-refractivity contribution in [3.8, 4) is 0 Å². The van der Waals surface area contributed by atoms with Crippen molar-refractivity contribution in [1.29, 1.82) is 0 Å². The molecule has 0 atom stereocenters. The van der Waals surface area contributed by atoms with E-state index in [2.05, 4.69) is 57.7 Å². The summed E-state index contributed by atoms with van der Waals surface area (Å²) in [4.78, 5) is 2.52. The molecule has 1 aromatic carbocycles. The van der Waals surface area contributed by atoms with E-state index in [-0.39, 0.29) is 11.0 Å². The number of benzene rings is 1. The summed E-state index contributed by atoms with van der Waals surface area (Å²) < 4.78 is 0. The van der Waals surface area contributed by atoms with Crippen LogP contribution in [0.1, 0.15) is 45.2 Å². The van der Waals surface area contributed by atoms with E-state index in [0.717, 1.165) is 13.1 Å². The summed E-state index contributed by atoms with van der Waals surface area (Å²) in [6.07, 6.45) is 2.46. The molecule has 1 heterocycles. The fourth-order valence-electron chi connectivity index (χ4n) is 2.65. The third-order valence-electron chi connectivity index (χ3n) is 4.78. The van der Waals surface area contributed by atoms with Crippen molar-refractivity contribution in [3.63, 3.8) is 0 Å². The van der Waals surface area contributed by atoms with Gasteiger partial charge >= 0.3 is 0 Å². The van der Waals surface area contributed by atoms with Crippen molar-refractivity contribution < 1.29 is 0 Å². The monoisotopic (exact) mass is 260 g/mol. The quantitative estimate of drug-likeness (QED) is 0.901. The summed E-state index contributed by atoms with van der Waals surface area (Å²) in [6, 6.07) is 6.84. The SMILES string of the molecule is Cc1ccc2c(c1)CCCN2CC(C)(C)C(C)(C)N. The van der Waals surface area contributed by atoms with Crippen LogP contribution >= 0.6 is 0 Å². The zero-order valence-corrected chi connectivity index (χ0v) is 13.1. The molecule has 0 bridgehead atoms. The van der Waals surface area contributed by atoms with Crippen molar-refractivity contribution in [2.75, 3.05) is 18.0 Å². The molecule has 0 fully saturated rings. The van der Waals surface area contributed by atoms with Gasteiger partial charge in [-0.15, -0.1) is 0 Å². The third kappa shape index (κ3) is 2.94. The Bertz CT molecular complexity index is 455. The van der Waals surface area contributed by atoms with Crippen LogP contribution < -0.4 is 10.6 Å². The molecular formula is C17H28N2. The van der Waals surface area contributed by atoms with Gasteiger partial charge in [0.05, 0.1) is 0 Å². The first-order valence-corrected chi connectivity index (χ1v) is 7.34. The summed E-state index contributed by atoms with van der Waals surface area (Å²) in [6.45, 7) is 13.2. The highest BCUT2D eigenvalue weighted by Crippen LogP contribution is 2.34. The lowest BCUT2D eigenvalue weighted by Gasteiger charge is -2.44. The number of rotatable bonds is 3. The second kappa shape index (κ2) is 4.82. The van der Waals surface area contributed by atoms with Gasteiger partial charge in [0.1, 0.15) is 0 Å². The van der Waals surface area contributed by atoms with Crippen molar-refractivity contribution in [3.05, 3.63) is 29.3 Å². The van der Waals surface area contributed by atoms with Crippen LogP contribution in [0.5, 0.6) is 0 Å². The average molecular weight is 260 g/mol. The minimum atomic E-state index is -0.171. The number of nitrogens with zero attached hydrogens (tertiary/aromatic N) is 1. The Morgan fingerprint density at radius 3 is 2.53 bits per heavy atom. The molecule has 0 saturated carbocycles. The van der Waals surface area contributed by atoms with E-state index in [1.807, 2.05) is 0 Å². The highest BCUT2D eigenvalue weighted by atomic mass is 15.1. The summed E-state index contributed by atoms with van der Waals surface area (Å²) in [5, 5.41) is 0. The van der Waals surface area contributed by atoms with Gasteiger partial charge in [-0.2, -0.15) is 0 Å². The lowest BCUT2D eigenvalue weighted by molar-refractivity contribution is 0.206. The number of hydrogen-bond donors (Lipinski definition) is 1. The molecular weight excluding hydrogens is 232 g/mol. The fraction of sp³-hybridized carbons (Fsp3) is 0.647. The normalized spacial score (nSPS) is 16.4. The van der Waals surface area contributed by atoms with Gasteiger partial charge < -0.3 is 10.6 Å². The van der Waals surface area contributed by atoms with Crippen LogP contribution in [0.4, 0.5) is 5.69 Å². The first-order chi connectivity index (χ1) is 8.71. The summed E-state index contributed by atoms with van der Waals surface area (Å²) in [5.41, 5.74) is 10.5. The molecule has 0 aliphatic carbocycles. The van der Waals surface area contributed by atoms with Crippen molar-refractivity contribution in [2.45, 2.75) is 53.0 Å². The molecule has 0 unspecified atom stereocenters. The van der Waals surface area contributed by atoms with E-state index >= 15 is 0 Å². The maximum atomic E-state index is 6.35.